The van der Waals surface area contributed by atoms with Crippen molar-refractivity contribution in [1.82, 2.24) is 15.3 Å². The molecule has 0 saturated carbocycles. The second kappa shape index (κ2) is 7.70. The number of hydrogen-bond acceptors (Lipinski definition) is 6. The lowest BCUT2D eigenvalue weighted by Crippen LogP contribution is -2.37. The van der Waals surface area contributed by atoms with Gasteiger partial charge < -0.3 is 19.7 Å². The van der Waals surface area contributed by atoms with Crippen LogP contribution in [0.15, 0.2) is 36.7 Å². The molecule has 0 spiro atoms. The fourth-order valence-corrected chi connectivity index (χ4v) is 3.23. The topological polar surface area (TPSA) is 76.6 Å². The van der Waals surface area contributed by atoms with Crippen LogP contribution in [0.1, 0.15) is 15.9 Å². The Hall–Kier alpha value is -2.67. The zero-order chi connectivity index (χ0) is 17.8. The Bertz CT molecular complexity index is 760. The van der Waals surface area contributed by atoms with Gasteiger partial charge in [0.15, 0.2) is 0 Å². The number of hydrogen-bond donors (Lipinski definition) is 1. The summed E-state index contributed by atoms with van der Waals surface area (Å²) in [6.45, 7) is 4.09. The number of ether oxygens (including phenoxy) is 2. The largest absolute Gasteiger partial charge is 0.493 e. The van der Waals surface area contributed by atoms with E-state index < -0.39 is 0 Å². The molecule has 2 aromatic rings. The number of benzene rings is 1. The molecule has 26 heavy (non-hydrogen) atoms. The first-order chi connectivity index (χ1) is 12.8. The van der Waals surface area contributed by atoms with Gasteiger partial charge in [0.2, 0.25) is 5.95 Å². The summed E-state index contributed by atoms with van der Waals surface area (Å²) in [7, 11) is 0. The molecule has 2 aliphatic heterocycles. The standard InChI is InChI=1S/C19H22N4O3/c24-18(16-11-21-19(22-12-16)23-5-7-25-8-6-23)20-10-14-9-15-3-1-2-4-17(15)26-13-14/h1-4,11-12,14H,5-10,13H2,(H,20,24)/t14-/m1/s1. The maximum atomic E-state index is 12.4. The number of para-hydroxylation sites is 1. The number of aromatic nitrogens is 2. The van der Waals surface area contributed by atoms with Gasteiger partial charge in [0.1, 0.15) is 5.75 Å². The van der Waals surface area contributed by atoms with Crippen molar-refractivity contribution in [1.29, 1.82) is 0 Å². The molecule has 4 rings (SSSR count). The Morgan fingerprint density at radius 2 is 1.96 bits per heavy atom. The summed E-state index contributed by atoms with van der Waals surface area (Å²) < 4.78 is 11.1. The van der Waals surface area contributed by atoms with Crippen LogP contribution in [0.3, 0.4) is 0 Å². The summed E-state index contributed by atoms with van der Waals surface area (Å²) in [5, 5.41) is 2.97. The van der Waals surface area contributed by atoms with E-state index in [2.05, 4.69) is 26.3 Å². The molecule has 0 bridgehead atoms. The highest BCUT2D eigenvalue weighted by Gasteiger charge is 2.20. The number of nitrogens with zero attached hydrogens (tertiary/aromatic N) is 3. The number of anilines is 1. The molecule has 7 heteroatoms. The van der Waals surface area contributed by atoms with Crippen molar-refractivity contribution >= 4 is 11.9 Å². The number of amides is 1. The van der Waals surface area contributed by atoms with E-state index in [0.29, 0.717) is 37.9 Å². The Kier molecular flexibility index (Phi) is 4.97. The predicted molar refractivity (Wildman–Crippen MR) is 96.5 cm³/mol. The third kappa shape index (κ3) is 3.77. The van der Waals surface area contributed by atoms with Crippen LogP contribution in [-0.4, -0.2) is 55.3 Å². The number of carbonyl (C=O) groups is 1. The van der Waals surface area contributed by atoms with E-state index in [9.17, 15) is 4.79 Å². The fraction of sp³-hybridized carbons (Fsp3) is 0.421. The van der Waals surface area contributed by atoms with Crippen LogP contribution < -0.4 is 15.0 Å². The summed E-state index contributed by atoms with van der Waals surface area (Å²) in [6.07, 6.45) is 4.07. The minimum Gasteiger partial charge on any atom is -0.493 e. The van der Waals surface area contributed by atoms with Crippen molar-refractivity contribution in [3.8, 4) is 5.75 Å². The van der Waals surface area contributed by atoms with E-state index in [1.807, 2.05) is 18.2 Å². The van der Waals surface area contributed by atoms with Crippen LogP contribution >= 0.6 is 0 Å². The van der Waals surface area contributed by atoms with Crippen LogP contribution in [0.5, 0.6) is 5.75 Å². The second-order valence-corrected chi connectivity index (χ2v) is 6.57. The molecule has 1 saturated heterocycles. The highest BCUT2D eigenvalue weighted by Crippen LogP contribution is 2.26. The Labute approximate surface area is 152 Å². The monoisotopic (exact) mass is 354 g/mol. The summed E-state index contributed by atoms with van der Waals surface area (Å²) in [4.78, 5) is 23.1. The van der Waals surface area contributed by atoms with Gasteiger partial charge >= 0.3 is 0 Å². The molecule has 0 unspecified atom stereocenters. The zero-order valence-corrected chi connectivity index (χ0v) is 14.6. The third-order valence-corrected chi connectivity index (χ3v) is 4.70. The maximum Gasteiger partial charge on any atom is 0.254 e. The lowest BCUT2D eigenvalue weighted by Gasteiger charge is -2.26. The van der Waals surface area contributed by atoms with Crippen LogP contribution in [0, 0.1) is 5.92 Å². The maximum absolute atomic E-state index is 12.4. The minimum atomic E-state index is -0.155. The van der Waals surface area contributed by atoms with Crippen molar-refractivity contribution in [2.24, 2.45) is 5.92 Å². The van der Waals surface area contributed by atoms with Crippen LogP contribution in [0.2, 0.25) is 0 Å². The molecular weight excluding hydrogens is 332 g/mol. The minimum absolute atomic E-state index is 0.155. The van der Waals surface area contributed by atoms with Crippen LogP contribution in [0.25, 0.3) is 0 Å². The Morgan fingerprint density at radius 1 is 1.19 bits per heavy atom. The van der Waals surface area contributed by atoms with Crippen molar-refractivity contribution in [3.05, 3.63) is 47.8 Å². The van der Waals surface area contributed by atoms with Gasteiger partial charge in [-0.25, -0.2) is 9.97 Å². The Balaban J connectivity index is 1.31. The normalized spacial score (nSPS) is 19.4. The lowest BCUT2D eigenvalue weighted by atomic mass is 9.97. The molecule has 1 N–H and O–H groups in total. The average molecular weight is 354 g/mol. The molecule has 0 aliphatic carbocycles. The van der Waals surface area contributed by atoms with Gasteiger partial charge in [-0.1, -0.05) is 18.2 Å². The van der Waals surface area contributed by atoms with Gasteiger partial charge in [-0.15, -0.1) is 0 Å². The molecule has 7 nitrogen and oxygen atoms in total. The smallest absolute Gasteiger partial charge is 0.254 e. The second-order valence-electron chi connectivity index (χ2n) is 6.57. The number of rotatable bonds is 4. The number of fused-ring (bicyclic) bond motifs is 1. The van der Waals surface area contributed by atoms with Gasteiger partial charge in [0.05, 0.1) is 25.4 Å². The summed E-state index contributed by atoms with van der Waals surface area (Å²) in [6, 6.07) is 8.04. The Morgan fingerprint density at radius 3 is 2.77 bits per heavy atom. The van der Waals surface area contributed by atoms with E-state index in [1.165, 1.54) is 5.56 Å². The van der Waals surface area contributed by atoms with Crippen molar-refractivity contribution in [2.75, 3.05) is 44.4 Å². The van der Waals surface area contributed by atoms with E-state index in [1.54, 1.807) is 12.4 Å². The SMILES string of the molecule is O=C(NC[C@@H]1COc2ccccc2C1)c1cnc(N2CCOCC2)nc1. The first-order valence-corrected chi connectivity index (χ1v) is 8.93. The highest BCUT2D eigenvalue weighted by molar-refractivity contribution is 5.93. The predicted octanol–water partition coefficient (Wildman–Crippen LogP) is 1.29. The molecule has 0 radical (unpaired) electrons. The van der Waals surface area contributed by atoms with Gasteiger partial charge in [-0.2, -0.15) is 0 Å². The van der Waals surface area contributed by atoms with Crippen molar-refractivity contribution < 1.29 is 14.3 Å². The van der Waals surface area contributed by atoms with E-state index in [-0.39, 0.29) is 11.8 Å². The molecule has 1 atom stereocenters. The number of carbonyl (C=O) groups excluding carboxylic acids is 1. The van der Waals surface area contributed by atoms with Gasteiger partial charge in [0.25, 0.3) is 5.91 Å². The molecule has 1 aromatic heterocycles. The van der Waals surface area contributed by atoms with E-state index >= 15 is 0 Å². The summed E-state index contributed by atoms with van der Waals surface area (Å²) in [5.74, 6) is 1.70. The van der Waals surface area contributed by atoms with Gasteiger partial charge in [-0.3, -0.25) is 4.79 Å². The average Bonchev–Trinajstić information content (AvgIpc) is 2.72. The molecule has 1 amide bonds. The fourth-order valence-electron chi connectivity index (χ4n) is 3.23. The quantitative estimate of drug-likeness (QED) is 0.892. The molecule has 1 fully saturated rings. The van der Waals surface area contributed by atoms with E-state index in [0.717, 1.165) is 25.3 Å². The molecular formula is C19H22N4O3. The van der Waals surface area contributed by atoms with Crippen LogP contribution in [-0.2, 0) is 11.2 Å². The van der Waals surface area contributed by atoms with Gasteiger partial charge in [-0.05, 0) is 18.1 Å². The van der Waals surface area contributed by atoms with E-state index in [4.69, 9.17) is 9.47 Å². The molecule has 2 aliphatic rings. The number of nitrogens with one attached hydrogen (secondary N) is 1. The first-order valence-electron chi connectivity index (χ1n) is 8.93. The molecule has 136 valence electrons. The highest BCUT2D eigenvalue weighted by atomic mass is 16.5. The van der Waals surface area contributed by atoms with Gasteiger partial charge in [0, 0.05) is 37.9 Å². The third-order valence-electron chi connectivity index (χ3n) is 4.70. The molecule has 3 heterocycles. The number of morpholine rings is 1. The molecule has 1 aromatic carbocycles. The van der Waals surface area contributed by atoms with Crippen molar-refractivity contribution in [2.45, 2.75) is 6.42 Å². The van der Waals surface area contributed by atoms with Crippen molar-refractivity contribution in [3.63, 3.8) is 0 Å². The first kappa shape index (κ1) is 16.8. The van der Waals surface area contributed by atoms with Crippen LogP contribution in [0.4, 0.5) is 5.95 Å². The summed E-state index contributed by atoms with van der Waals surface area (Å²) in [5.41, 5.74) is 1.66. The summed E-state index contributed by atoms with van der Waals surface area (Å²) >= 11 is 0. The zero-order valence-electron chi connectivity index (χ0n) is 14.6. The lowest BCUT2D eigenvalue weighted by molar-refractivity contribution is 0.0938.